The van der Waals surface area contributed by atoms with Crippen LogP contribution in [-0.4, -0.2) is 43.2 Å². The van der Waals surface area contributed by atoms with E-state index in [0.29, 0.717) is 18.6 Å². The zero-order chi connectivity index (χ0) is 20.1. The smallest absolute Gasteiger partial charge is 0.286 e. The van der Waals surface area contributed by atoms with Crippen LogP contribution in [0.3, 0.4) is 0 Å². The average Bonchev–Trinajstić information content (AvgIpc) is 3.16. The van der Waals surface area contributed by atoms with Crippen molar-refractivity contribution in [1.29, 1.82) is 0 Å². The summed E-state index contributed by atoms with van der Waals surface area (Å²) in [4.78, 5) is 25.0. The van der Waals surface area contributed by atoms with E-state index in [1.165, 1.54) is 20.2 Å². The van der Waals surface area contributed by atoms with Gasteiger partial charge < -0.3 is 24.9 Å². The summed E-state index contributed by atoms with van der Waals surface area (Å²) in [7, 11) is 3.03. The quantitative estimate of drug-likeness (QED) is 0.708. The van der Waals surface area contributed by atoms with E-state index < -0.39 is 12.0 Å². The fourth-order valence-corrected chi connectivity index (χ4v) is 3.52. The maximum Gasteiger partial charge on any atom is 0.286 e. The predicted molar refractivity (Wildman–Crippen MR) is 103 cm³/mol. The van der Waals surface area contributed by atoms with Crippen LogP contribution in [-0.2, 0) is 4.74 Å². The van der Waals surface area contributed by atoms with E-state index in [2.05, 4.69) is 10.6 Å². The summed E-state index contributed by atoms with van der Waals surface area (Å²) in [6, 6.07) is 10.8. The first kappa shape index (κ1) is 20.1. The van der Waals surface area contributed by atoms with Crippen LogP contribution < -0.4 is 10.6 Å². The van der Waals surface area contributed by atoms with Crippen molar-refractivity contribution in [3.8, 4) is 0 Å². The molecule has 150 valence electrons. The first-order valence-corrected chi connectivity index (χ1v) is 9.46. The summed E-state index contributed by atoms with van der Waals surface area (Å²) >= 11 is 0. The molecule has 0 spiro atoms. The topological polar surface area (TPSA) is 101 Å². The van der Waals surface area contributed by atoms with Crippen molar-refractivity contribution >= 4 is 11.8 Å². The summed E-state index contributed by atoms with van der Waals surface area (Å²) < 4.78 is 11.4. The molecule has 0 aliphatic heterocycles. The van der Waals surface area contributed by atoms with Crippen LogP contribution >= 0.6 is 0 Å². The van der Waals surface area contributed by atoms with Gasteiger partial charge in [-0.2, -0.15) is 0 Å². The van der Waals surface area contributed by atoms with Gasteiger partial charge in [-0.3, -0.25) is 9.59 Å². The van der Waals surface area contributed by atoms with E-state index >= 15 is 0 Å². The monoisotopic (exact) mass is 386 g/mol. The third-order valence-electron chi connectivity index (χ3n) is 5.06. The lowest BCUT2D eigenvalue weighted by Crippen LogP contribution is -2.38. The van der Waals surface area contributed by atoms with Gasteiger partial charge in [0.05, 0.1) is 11.7 Å². The Balaban J connectivity index is 1.91. The SMILES string of the molecule is CNC(=O)c1cc(C(=O)N[C@H]2CC[C@H](O)CC2)c(C(OC)c2ccccc2)o1. The molecule has 2 aromatic rings. The highest BCUT2D eigenvalue weighted by atomic mass is 16.5. The minimum atomic E-state index is -0.617. The largest absolute Gasteiger partial charge is 0.452 e. The molecule has 1 fully saturated rings. The number of aliphatic hydroxyl groups excluding tert-OH is 1. The van der Waals surface area contributed by atoms with Gasteiger partial charge in [-0.15, -0.1) is 0 Å². The fourth-order valence-electron chi connectivity index (χ4n) is 3.52. The van der Waals surface area contributed by atoms with Crippen LogP contribution in [0.2, 0.25) is 0 Å². The van der Waals surface area contributed by atoms with Crippen LogP contribution in [0, 0.1) is 0 Å². The van der Waals surface area contributed by atoms with E-state index in [1.807, 2.05) is 30.3 Å². The van der Waals surface area contributed by atoms with E-state index in [4.69, 9.17) is 9.15 Å². The second-order valence-corrected chi connectivity index (χ2v) is 6.97. The molecule has 0 radical (unpaired) electrons. The van der Waals surface area contributed by atoms with Crippen molar-refractivity contribution in [3.63, 3.8) is 0 Å². The standard InChI is InChI=1S/C21H26N2O5/c1-22-21(26)17-12-16(20(25)23-14-8-10-15(24)11-9-14)19(28-17)18(27-2)13-6-4-3-5-7-13/h3-7,12,14-15,18,24H,8-11H2,1-2H3,(H,22,26)(H,23,25)/t14-,15-,18?. The Bertz CT molecular complexity index is 809. The highest BCUT2D eigenvalue weighted by molar-refractivity contribution is 5.99. The molecule has 3 N–H and O–H groups in total. The van der Waals surface area contributed by atoms with Gasteiger partial charge in [-0.25, -0.2) is 0 Å². The number of nitrogens with one attached hydrogen (secondary N) is 2. The highest BCUT2D eigenvalue weighted by Crippen LogP contribution is 2.31. The third-order valence-corrected chi connectivity index (χ3v) is 5.06. The second-order valence-electron chi connectivity index (χ2n) is 6.97. The van der Waals surface area contributed by atoms with E-state index in [1.54, 1.807) is 0 Å². The van der Waals surface area contributed by atoms with Gasteiger partial charge in [-0.1, -0.05) is 30.3 Å². The number of amides is 2. The Labute approximate surface area is 164 Å². The van der Waals surface area contributed by atoms with Gasteiger partial charge in [0.25, 0.3) is 11.8 Å². The van der Waals surface area contributed by atoms with Crippen LogP contribution in [0.4, 0.5) is 0 Å². The molecule has 1 atom stereocenters. The van der Waals surface area contributed by atoms with Crippen molar-refractivity contribution in [2.75, 3.05) is 14.2 Å². The Hall–Kier alpha value is -2.64. The molecule has 1 aliphatic carbocycles. The van der Waals surface area contributed by atoms with Crippen LogP contribution in [0.1, 0.15) is 64.0 Å². The third kappa shape index (κ3) is 4.43. The molecule has 28 heavy (non-hydrogen) atoms. The number of carbonyl (C=O) groups excluding carboxylic acids is 2. The average molecular weight is 386 g/mol. The van der Waals surface area contributed by atoms with Crippen molar-refractivity contribution < 1.29 is 23.8 Å². The molecule has 1 aromatic carbocycles. The lowest BCUT2D eigenvalue weighted by atomic mass is 9.93. The zero-order valence-electron chi connectivity index (χ0n) is 16.1. The maximum atomic E-state index is 13.0. The van der Waals surface area contributed by atoms with Crippen LogP contribution in [0.25, 0.3) is 0 Å². The summed E-state index contributed by atoms with van der Waals surface area (Å²) in [5, 5.41) is 15.2. The lowest BCUT2D eigenvalue weighted by Gasteiger charge is -2.26. The number of benzene rings is 1. The summed E-state index contributed by atoms with van der Waals surface area (Å²) in [5.74, 6) is -0.377. The van der Waals surface area contributed by atoms with Crippen molar-refractivity contribution in [3.05, 3.63) is 59.0 Å². The number of hydrogen-bond acceptors (Lipinski definition) is 5. The molecular weight excluding hydrogens is 360 g/mol. The van der Waals surface area contributed by atoms with Crippen molar-refractivity contribution in [1.82, 2.24) is 10.6 Å². The Morgan fingerprint density at radius 3 is 2.43 bits per heavy atom. The molecule has 3 rings (SSSR count). The number of hydrogen-bond donors (Lipinski definition) is 3. The summed E-state index contributed by atoms with van der Waals surface area (Å²) in [6.07, 6.45) is 1.85. The normalized spacial score (nSPS) is 20.4. The molecule has 1 aromatic heterocycles. The highest BCUT2D eigenvalue weighted by Gasteiger charge is 2.30. The lowest BCUT2D eigenvalue weighted by molar-refractivity contribution is 0.0840. The maximum absolute atomic E-state index is 13.0. The molecule has 1 heterocycles. The van der Waals surface area contributed by atoms with Gasteiger partial charge in [0.15, 0.2) is 11.5 Å². The molecule has 0 bridgehead atoms. The minimum Gasteiger partial charge on any atom is -0.452 e. The molecule has 1 saturated carbocycles. The second kappa shape index (κ2) is 9.03. The predicted octanol–water partition coefficient (Wildman–Crippen LogP) is 2.41. The zero-order valence-corrected chi connectivity index (χ0v) is 16.1. The van der Waals surface area contributed by atoms with Crippen molar-refractivity contribution in [2.45, 2.75) is 43.9 Å². The summed E-state index contributed by atoms with van der Waals surface area (Å²) in [6.45, 7) is 0. The Kier molecular flexibility index (Phi) is 6.49. The molecule has 0 saturated heterocycles. The van der Waals surface area contributed by atoms with E-state index in [-0.39, 0.29) is 29.4 Å². The van der Waals surface area contributed by atoms with E-state index in [9.17, 15) is 14.7 Å². The van der Waals surface area contributed by atoms with Crippen LogP contribution in [0.15, 0.2) is 40.8 Å². The van der Waals surface area contributed by atoms with Gasteiger partial charge >= 0.3 is 0 Å². The number of carbonyl (C=O) groups is 2. The van der Waals surface area contributed by atoms with Crippen molar-refractivity contribution in [2.24, 2.45) is 0 Å². The van der Waals surface area contributed by atoms with Crippen LogP contribution in [0.5, 0.6) is 0 Å². The number of rotatable bonds is 6. The Morgan fingerprint density at radius 1 is 1.14 bits per heavy atom. The van der Waals surface area contributed by atoms with Gasteiger partial charge in [0, 0.05) is 26.3 Å². The molecule has 7 nitrogen and oxygen atoms in total. The fraction of sp³-hybridized carbons (Fsp3) is 0.429. The molecule has 7 heteroatoms. The van der Waals surface area contributed by atoms with E-state index in [0.717, 1.165) is 18.4 Å². The minimum absolute atomic E-state index is 0.0141. The molecule has 1 aliphatic rings. The van der Waals surface area contributed by atoms with Gasteiger partial charge in [-0.05, 0) is 31.2 Å². The first-order valence-electron chi connectivity index (χ1n) is 9.46. The molecular formula is C21H26N2O5. The number of methoxy groups -OCH3 is 1. The number of ether oxygens (including phenoxy) is 1. The number of aliphatic hydroxyl groups is 1. The number of furan rings is 1. The Morgan fingerprint density at radius 2 is 1.82 bits per heavy atom. The summed E-state index contributed by atoms with van der Waals surface area (Å²) in [5.41, 5.74) is 1.10. The molecule has 2 amide bonds. The van der Waals surface area contributed by atoms with Gasteiger partial charge in [0.2, 0.25) is 0 Å². The van der Waals surface area contributed by atoms with Gasteiger partial charge in [0.1, 0.15) is 6.10 Å². The molecule has 1 unspecified atom stereocenters. The first-order chi connectivity index (χ1) is 13.5.